The highest BCUT2D eigenvalue weighted by Gasteiger charge is 2.14. The van der Waals surface area contributed by atoms with E-state index in [-0.39, 0.29) is 0 Å². The summed E-state index contributed by atoms with van der Waals surface area (Å²) >= 11 is 3.43. The first-order chi connectivity index (χ1) is 7.34. The van der Waals surface area contributed by atoms with Crippen LogP contribution in [0.5, 0.6) is 0 Å². The van der Waals surface area contributed by atoms with Crippen LogP contribution in [0.2, 0.25) is 0 Å². The van der Waals surface area contributed by atoms with Crippen molar-refractivity contribution in [3.8, 4) is 0 Å². The molecule has 0 unspecified atom stereocenters. The van der Waals surface area contributed by atoms with Crippen LogP contribution in [0.15, 0.2) is 28.7 Å². The van der Waals surface area contributed by atoms with Crippen molar-refractivity contribution in [1.82, 2.24) is 5.32 Å². The fourth-order valence-corrected chi connectivity index (χ4v) is 2.05. The van der Waals surface area contributed by atoms with Crippen LogP contribution in [0, 0.1) is 0 Å². The molecular formula is C12H16BrNO. The third-order valence-electron chi connectivity index (χ3n) is 2.64. The molecule has 0 amide bonds. The average Bonchev–Trinajstić information content (AvgIpc) is 2.74. The Kier molecular flexibility index (Phi) is 4.18. The van der Waals surface area contributed by atoms with E-state index in [4.69, 9.17) is 4.74 Å². The van der Waals surface area contributed by atoms with Gasteiger partial charge >= 0.3 is 0 Å². The topological polar surface area (TPSA) is 21.3 Å². The first kappa shape index (κ1) is 11.1. The number of rotatable bonds is 4. The Labute approximate surface area is 99.1 Å². The predicted molar refractivity (Wildman–Crippen MR) is 64.8 cm³/mol. The number of ether oxygens (including phenoxy) is 1. The predicted octanol–water partition coefficient (Wildman–Crippen LogP) is 2.72. The van der Waals surface area contributed by atoms with Gasteiger partial charge in [-0.25, -0.2) is 0 Å². The maximum Gasteiger partial charge on any atom is 0.0700 e. The summed E-state index contributed by atoms with van der Waals surface area (Å²) in [5, 5.41) is 3.42. The van der Waals surface area contributed by atoms with Crippen molar-refractivity contribution in [3.63, 3.8) is 0 Å². The Morgan fingerprint density at radius 3 is 2.80 bits per heavy atom. The molecule has 1 N–H and O–H groups in total. The highest BCUT2D eigenvalue weighted by molar-refractivity contribution is 9.10. The summed E-state index contributed by atoms with van der Waals surface area (Å²) in [6.45, 7) is 2.83. The lowest BCUT2D eigenvalue weighted by Crippen LogP contribution is -2.25. The molecule has 15 heavy (non-hydrogen) atoms. The molecule has 0 saturated carbocycles. The van der Waals surface area contributed by atoms with E-state index >= 15 is 0 Å². The summed E-state index contributed by atoms with van der Waals surface area (Å²) < 4.78 is 6.67. The lowest BCUT2D eigenvalue weighted by Gasteiger charge is -2.10. The summed E-state index contributed by atoms with van der Waals surface area (Å²) in [5.41, 5.74) is 1.32. The number of hydrogen-bond donors (Lipinski definition) is 1. The Hall–Kier alpha value is -0.380. The molecule has 1 fully saturated rings. The maximum atomic E-state index is 5.54. The second-order valence-corrected chi connectivity index (χ2v) is 4.81. The van der Waals surface area contributed by atoms with Gasteiger partial charge in [0.05, 0.1) is 6.10 Å². The van der Waals surface area contributed by atoms with Crippen molar-refractivity contribution >= 4 is 15.9 Å². The second kappa shape index (κ2) is 5.64. The van der Waals surface area contributed by atoms with Crippen LogP contribution >= 0.6 is 15.9 Å². The van der Waals surface area contributed by atoms with Gasteiger partial charge in [0.1, 0.15) is 0 Å². The lowest BCUT2D eigenvalue weighted by molar-refractivity contribution is 0.110. The average molecular weight is 270 g/mol. The molecule has 3 heteroatoms. The van der Waals surface area contributed by atoms with Crippen LogP contribution < -0.4 is 5.32 Å². The molecule has 0 bridgehead atoms. The SMILES string of the molecule is Brc1ccc(CNC[C@@H]2CCCO2)cc1. The first-order valence-corrected chi connectivity index (χ1v) is 6.20. The van der Waals surface area contributed by atoms with Crippen LogP contribution in [0.3, 0.4) is 0 Å². The molecule has 1 aliphatic rings. The molecular weight excluding hydrogens is 254 g/mol. The van der Waals surface area contributed by atoms with E-state index in [1.165, 1.54) is 18.4 Å². The van der Waals surface area contributed by atoms with E-state index in [9.17, 15) is 0 Å². The van der Waals surface area contributed by atoms with E-state index in [1.807, 2.05) is 0 Å². The van der Waals surface area contributed by atoms with Gasteiger partial charge in [-0.05, 0) is 30.5 Å². The molecule has 2 rings (SSSR count). The molecule has 0 radical (unpaired) electrons. The molecule has 0 aromatic heterocycles. The Balaban J connectivity index is 1.71. The van der Waals surface area contributed by atoms with Crippen molar-refractivity contribution in [3.05, 3.63) is 34.3 Å². The molecule has 1 atom stereocenters. The van der Waals surface area contributed by atoms with Gasteiger partial charge in [0.15, 0.2) is 0 Å². The van der Waals surface area contributed by atoms with E-state index < -0.39 is 0 Å². The molecule has 1 aliphatic heterocycles. The third-order valence-corrected chi connectivity index (χ3v) is 3.17. The van der Waals surface area contributed by atoms with E-state index in [1.54, 1.807) is 0 Å². The summed E-state index contributed by atoms with van der Waals surface area (Å²) in [5.74, 6) is 0. The van der Waals surface area contributed by atoms with Crippen LogP contribution in [-0.2, 0) is 11.3 Å². The third kappa shape index (κ3) is 3.59. The maximum absolute atomic E-state index is 5.54. The summed E-state index contributed by atoms with van der Waals surface area (Å²) in [6.07, 6.45) is 2.85. The summed E-state index contributed by atoms with van der Waals surface area (Å²) in [4.78, 5) is 0. The van der Waals surface area contributed by atoms with Crippen LogP contribution in [-0.4, -0.2) is 19.3 Å². The van der Waals surface area contributed by atoms with Gasteiger partial charge in [-0.3, -0.25) is 0 Å². The Morgan fingerprint density at radius 1 is 1.33 bits per heavy atom. The van der Waals surface area contributed by atoms with Gasteiger partial charge in [-0.2, -0.15) is 0 Å². The zero-order valence-electron chi connectivity index (χ0n) is 8.71. The molecule has 2 nitrogen and oxygen atoms in total. The van der Waals surface area contributed by atoms with Gasteiger partial charge in [0, 0.05) is 24.2 Å². The molecule has 1 saturated heterocycles. The fraction of sp³-hybridized carbons (Fsp3) is 0.500. The number of hydrogen-bond acceptors (Lipinski definition) is 2. The van der Waals surface area contributed by atoms with Crippen molar-refractivity contribution in [2.75, 3.05) is 13.2 Å². The highest BCUT2D eigenvalue weighted by atomic mass is 79.9. The van der Waals surface area contributed by atoms with Crippen LogP contribution in [0.25, 0.3) is 0 Å². The van der Waals surface area contributed by atoms with Gasteiger partial charge in [0.2, 0.25) is 0 Å². The van der Waals surface area contributed by atoms with Gasteiger partial charge < -0.3 is 10.1 Å². The number of benzene rings is 1. The highest BCUT2D eigenvalue weighted by Crippen LogP contribution is 2.12. The van der Waals surface area contributed by atoms with E-state index in [0.29, 0.717) is 6.10 Å². The van der Waals surface area contributed by atoms with E-state index in [0.717, 1.165) is 24.2 Å². The quantitative estimate of drug-likeness (QED) is 0.908. The number of nitrogens with one attached hydrogen (secondary N) is 1. The summed E-state index contributed by atoms with van der Waals surface area (Å²) in [6, 6.07) is 8.41. The molecule has 0 spiro atoms. The van der Waals surface area contributed by atoms with Gasteiger partial charge in [-0.1, -0.05) is 28.1 Å². The monoisotopic (exact) mass is 269 g/mol. The lowest BCUT2D eigenvalue weighted by atomic mass is 10.2. The molecule has 0 aliphatic carbocycles. The largest absolute Gasteiger partial charge is 0.377 e. The standard InChI is InChI=1S/C12H16BrNO/c13-11-5-3-10(4-6-11)8-14-9-12-2-1-7-15-12/h3-6,12,14H,1-2,7-9H2/t12-/m0/s1. The van der Waals surface area contributed by atoms with Crippen molar-refractivity contribution in [2.45, 2.75) is 25.5 Å². The van der Waals surface area contributed by atoms with Crippen molar-refractivity contribution in [1.29, 1.82) is 0 Å². The minimum absolute atomic E-state index is 0.431. The zero-order valence-corrected chi connectivity index (χ0v) is 10.3. The zero-order chi connectivity index (χ0) is 10.5. The van der Waals surface area contributed by atoms with Crippen LogP contribution in [0.1, 0.15) is 18.4 Å². The second-order valence-electron chi connectivity index (χ2n) is 3.89. The molecule has 82 valence electrons. The normalized spacial score (nSPS) is 20.7. The smallest absolute Gasteiger partial charge is 0.0700 e. The van der Waals surface area contributed by atoms with Gasteiger partial charge in [-0.15, -0.1) is 0 Å². The fourth-order valence-electron chi connectivity index (χ4n) is 1.79. The molecule has 1 aromatic rings. The molecule has 1 heterocycles. The molecule has 1 aromatic carbocycles. The Bertz CT molecular complexity index is 293. The first-order valence-electron chi connectivity index (χ1n) is 5.41. The van der Waals surface area contributed by atoms with Crippen molar-refractivity contribution < 1.29 is 4.74 Å². The van der Waals surface area contributed by atoms with Gasteiger partial charge in [0.25, 0.3) is 0 Å². The summed E-state index contributed by atoms with van der Waals surface area (Å²) in [7, 11) is 0. The Morgan fingerprint density at radius 2 is 2.13 bits per heavy atom. The minimum atomic E-state index is 0.431. The van der Waals surface area contributed by atoms with E-state index in [2.05, 4.69) is 45.5 Å². The number of halogens is 1. The van der Waals surface area contributed by atoms with Crippen molar-refractivity contribution in [2.24, 2.45) is 0 Å². The minimum Gasteiger partial charge on any atom is -0.377 e. The van der Waals surface area contributed by atoms with Crippen LogP contribution in [0.4, 0.5) is 0 Å².